The van der Waals surface area contributed by atoms with Gasteiger partial charge in [0.15, 0.2) is 6.10 Å². The van der Waals surface area contributed by atoms with Crippen molar-refractivity contribution in [2.24, 2.45) is 0 Å². The molecule has 86 valence electrons. The van der Waals surface area contributed by atoms with Crippen molar-refractivity contribution in [2.75, 3.05) is 0 Å². The van der Waals surface area contributed by atoms with Crippen LogP contribution >= 0.6 is 0 Å². The van der Waals surface area contributed by atoms with Crippen LogP contribution in [0.25, 0.3) is 0 Å². The summed E-state index contributed by atoms with van der Waals surface area (Å²) < 4.78 is 9.80. The molecule has 0 radical (unpaired) electrons. The molecular formula is C11H18O4. The van der Waals surface area contributed by atoms with Crippen LogP contribution in [-0.4, -0.2) is 24.1 Å². The number of hydrogen-bond donors (Lipinski definition) is 0. The molecule has 0 aliphatic carbocycles. The molecule has 0 amide bonds. The van der Waals surface area contributed by atoms with Gasteiger partial charge in [-0.3, -0.25) is 0 Å². The minimum absolute atomic E-state index is 0.152. The summed E-state index contributed by atoms with van der Waals surface area (Å²) in [6.07, 6.45) is 2.53. The molecule has 0 spiro atoms. The molecule has 0 saturated carbocycles. The van der Waals surface area contributed by atoms with Crippen LogP contribution in [0.2, 0.25) is 0 Å². The third-order valence-corrected chi connectivity index (χ3v) is 1.82. The molecule has 0 aromatic rings. The molecular weight excluding hydrogens is 196 g/mol. The van der Waals surface area contributed by atoms with Crippen molar-refractivity contribution in [1.29, 1.82) is 0 Å². The minimum atomic E-state index is -0.859. The number of carbonyl (C=O) groups is 2. The van der Waals surface area contributed by atoms with E-state index in [1.807, 2.05) is 6.92 Å². The highest BCUT2D eigenvalue weighted by Crippen LogP contribution is 2.02. The monoisotopic (exact) mass is 214 g/mol. The highest BCUT2D eigenvalue weighted by Gasteiger charge is 2.19. The Morgan fingerprint density at radius 3 is 2.33 bits per heavy atom. The van der Waals surface area contributed by atoms with Gasteiger partial charge in [-0.1, -0.05) is 13.0 Å². The first-order valence-electron chi connectivity index (χ1n) is 5.05. The van der Waals surface area contributed by atoms with E-state index in [4.69, 9.17) is 9.47 Å². The molecule has 0 heterocycles. The number of carbonyl (C=O) groups excluding carboxylic acids is 2. The van der Waals surface area contributed by atoms with Crippen molar-refractivity contribution >= 4 is 11.9 Å². The number of rotatable bonds is 5. The van der Waals surface area contributed by atoms with E-state index in [1.165, 1.54) is 13.0 Å². The molecule has 0 aromatic heterocycles. The maximum atomic E-state index is 11.3. The Morgan fingerprint density at radius 2 is 1.87 bits per heavy atom. The lowest BCUT2D eigenvalue weighted by Gasteiger charge is -2.15. The van der Waals surface area contributed by atoms with Crippen LogP contribution in [0.4, 0.5) is 0 Å². The van der Waals surface area contributed by atoms with Gasteiger partial charge in [0.05, 0.1) is 6.10 Å². The van der Waals surface area contributed by atoms with E-state index in [-0.39, 0.29) is 6.10 Å². The fraction of sp³-hybridized carbons (Fsp3) is 0.636. The lowest BCUT2D eigenvalue weighted by Crippen LogP contribution is -2.28. The molecule has 0 aliphatic heterocycles. The fourth-order valence-corrected chi connectivity index (χ4v) is 0.775. The summed E-state index contributed by atoms with van der Waals surface area (Å²) in [4.78, 5) is 22.3. The minimum Gasteiger partial charge on any atom is -0.460 e. The van der Waals surface area contributed by atoms with Crippen LogP contribution in [-0.2, 0) is 19.1 Å². The van der Waals surface area contributed by atoms with Crippen LogP contribution in [0.1, 0.15) is 34.1 Å². The maximum absolute atomic E-state index is 11.3. The van der Waals surface area contributed by atoms with Gasteiger partial charge in [0, 0.05) is 6.08 Å². The van der Waals surface area contributed by atoms with Crippen LogP contribution in [0, 0.1) is 0 Å². The quantitative estimate of drug-likeness (QED) is 0.517. The Hall–Kier alpha value is -1.32. The molecule has 0 N–H and O–H groups in total. The molecule has 0 saturated heterocycles. The van der Waals surface area contributed by atoms with E-state index in [1.54, 1.807) is 19.9 Å². The topological polar surface area (TPSA) is 52.6 Å². The lowest BCUT2D eigenvalue weighted by atomic mass is 10.3. The predicted octanol–water partition coefficient (Wildman–Crippen LogP) is 1.84. The summed E-state index contributed by atoms with van der Waals surface area (Å²) in [7, 11) is 0. The van der Waals surface area contributed by atoms with Gasteiger partial charge >= 0.3 is 11.9 Å². The molecule has 0 aliphatic rings. The summed E-state index contributed by atoms with van der Waals surface area (Å²) in [5.74, 6) is -1.05. The van der Waals surface area contributed by atoms with Gasteiger partial charge in [-0.25, -0.2) is 9.59 Å². The van der Waals surface area contributed by atoms with E-state index in [2.05, 4.69) is 0 Å². The molecule has 0 aromatic carbocycles. The summed E-state index contributed by atoms with van der Waals surface area (Å²) in [5, 5.41) is 0. The van der Waals surface area contributed by atoms with Gasteiger partial charge in [-0.2, -0.15) is 0 Å². The van der Waals surface area contributed by atoms with Crippen molar-refractivity contribution in [2.45, 2.75) is 46.3 Å². The second-order valence-corrected chi connectivity index (χ2v) is 3.23. The summed E-state index contributed by atoms with van der Waals surface area (Å²) in [6, 6.07) is 0. The highest BCUT2D eigenvalue weighted by molar-refractivity contribution is 5.85. The Labute approximate surface area is 90.2 Å². The van der Waals surface area contributed by atoms with Gasteiger partial charge in [0.25, 0.3) is 0 Å². The zero-order valence-electron chi connectivity index (χ0n) is 9.65. The molecule has 15 heavy (non-hydrogen) atoms. The van der Waals surface area contributed by atoms with Crippen molar-refractivity contribution in [3.05, 3.63) is 12.2 Å². The van der Waals surface area contributed by atoms with E-state index < -0.39 is 18.0 Å². The van der Waals surface area contributed by atoms with Crippen molar-refractivity contribution in [3.63, 3.8) is 0 Å². The van der Waals surface area contributed by atoms with Gasteiger partial charge in [0.2, 0.25) is 0 Å². The highest BCUT2D eigenvalue weighted by atomic mass is 16.6. The van der Waals surface area contributed by atoms with E-state index in [0.29, 0.717) is 0 Å². The first-order valence-corrected chi connectivity index (χ1v) is 5.05. The first-order chi connectivity index (χ1) is 7.01. The second kappa shape index (κ2) is 7.04. The van der Waals surface area contributed by atoms with Gasteiger partial charge in [-0.15, -0.1) is 0 Å². The number of hydrogen-bond acceptors (Lipinski definition) is 4. The molecule has 0 bridgehead atoms. The summed E-state index contributed by atoms with van der Waals surface area (Å²) in [5.41, 5.74) is 0. The smallest absolute Gasteiger partial charge is 0.347 e. The second-order valence-electron chi connectivity index (χ2n) is 3.23. The Morgan fingerprint density at radius 1 is 1.27 bits per heavy atom. The molecule has 0 rings (SSSR count). The Kier molecular flexibility index (Phi) is 6.42. The average Bonchev–Trinajstić information content (AvgIpc) is 2.17. The van der Waals surface area contributed by atoms with Crippen LogP contribution < -0.4 is 0 Å². The van der Waals surface area contributed by atoms with E-state index >= 15 is 0 Å². The molecule has 2 unspecified atom stereocenters. The fourth-order valence-electron chi connectivity index (χ4n) is 0.775. The number of allylic oxidation sites excluding steroid dienone is 1. The summed E-state index contributed by atoms with van der Waals surface area (Å²) >= 11 is 0. The Balaban J connectivity index is 4.04. The molecule has 4 heteroatoms. The van der Waals surface area contributed by atoms with Gasteiger partial charge in [-0.05, 0) is 27.2 Å². The van der Waals surface area contributed by atoms with E-state index in [0.717, 1.165) is 6.42 Å². The molecule has 0 fully saturated rings. The summed E-state index contributed by atoms with van der Waals surface area (Å²) in [6.45, 7) is 6.89. The standard InChI is InChI=1S/C11H18O4/c1-5-7-10(12)15-9(4)11(13)14-8(3)6-2/h5,7-9H,6H2,1-4H3/b7-5-. The third-order valence-electron chi connectivity index (χ3n) is 1.82. The first kappa shape index (κ1) is 13.7. The van der Waals surface area contributed by atoms with Crippen LogP contribution in [0.5, 0.6) is 0 Å². The van der Waals surface area contributed by atoms with Gasteiger partial charge < -0.3 is 9.47 Å². The SMILES string of the molecule is C/C=C\C(=O)OC(C)C(=O)OC(C)CC. The predicted molar refractivity (Wildman–Crippen MR) is 56.2 cm³/mol. The zero-order valence-corrected chi connectivity index (χ0v) is 9.65. The van der Waals surface area contributed by atoms with Crippen molar-refractivity contribution in [1.82, 2.24) is 0 Å². The molecule has 4 nitrogen and oxygen atoms in total. The third kappa shape index (κ3) is 5.88. The normalized spacial score (nSPS) is 14.7. The lowest BCUT2D eigenvalue weighted by molar-refractivity contribution is -0.167. The number of ether oxygens (including phenoxy) is 2. The maximum Gasteiger partial charge on any atom is 0.347 e. The average molecular weight is 214 g/mol. The van der Waals surface area contributed by atoms with Crippen LogP contribution in [0.15, 0.2) is 12.2 Å². The van der Waals surface area contributed by atoms with Crippen molar-refractivity contribution in [3.8, 4) is 0 Å². The largest absolute Gasteiger partial charge is 0.460 e. The molecule has 2 atom stereocenters. The van der Waals surface area contributed by atoms with Crippen molar-refractivity contribution < 1.29 is 19.1 Å². The van der Waals surface area contributed by atoms with Crippen LogP contribution in [0.3, 0.4) is 0 Å². The zero-order chi connectivity index (χ0) is 11.8. The number of esters is 2. The Bertz CT molecular complexity index is 245. The van der Waals surface area contributed by atoms with E-state index in [9.17, 15) is 9.59 Å². The van der Waals surface area contributed by atoms with Gasteiger partial charge in [0.1, 0.15) is 0 Å².